The molecule has 5 rings (SSSR count). The Kier molecular flexibility index (Phi) is 5.32. The number of rotatable bonds is 5. The second-order valence-corrected chi connectivity index (χ2v) is 8.47. The largest absolute Gasteiger partial charge is 0.497 e. The van der Waals surface area contributed by atoms with Gasteiger partial charge in [-0.15, -0.1) is 0 Å². The minimum Gasteiger partial charge on any atom is -0.497 e. The summed E-state index contributed by atoms with van der Waals surface area (Å²) in [5, 5.41) is 4.12. The highest BCUT2D eigenvalue weighted by molar-refractivity contribution is 6.00. The summed E-state index contributed by atoms with van der Waals surface area (Å²) >= 11 is 0. The number of methoxy groups -OCH3 is 1. The van der Waals surface area contributed by atoms with Gasteiger partial charge in [-0.3, -0.25) is 19.2 Å². The molecular weight excluding hydrogens is 420 g/mol. The molecule has 170 valence electrons. The number of likely N-dealkylation sites (tertiary alicyclic amines) is 1. The van der Waals surface area contributed by atoms with Gasteiger partial charge in [0.15, 0.2) is 5.82 Å². The van der Waals surface area contributed by atoms with Gasteiger partial charge in [0.05, 0.1) is 26.1 Å². The van der Waals surface area contributed by atoms with Crippen LogP contribution < -0.4 is 9.64 Å². The number of carbonyl (C=O) groups is 2. The van der Waals surface area contributed by atoms with Gasteiger partial charge >= 0.3 is 0 Å². The molecule has 4 heterocycles. The van der Waals surface area contributed by atoms with Crippen molar-refractivity contribution in [3.05, 3.63) is 64.9 Å². The van der Waals surface area contributed by atoms with E-state index in [4.69, 9.17) is 14.7 Å². The summed E-state index contributed by atoms with van der Waals surface area (Å²) in [6.45, 7) is 2.95. The van der Waals surface area contributed by atoms with Gasteiger partial charge in [0.25, 0.3) is 5.91 Å². The van der Waals surface area contributed by atoms with Crippen molar-refractivity contribution in [3.8, 4) is 5.75 Å². The minimum absolute atomic E-state index is 0.00314. The fourth-order valence-corrected chi connectivity index (χ4v) is 4.67. The molecule has 0 saturated carbocycles. The second-order valence-electron chi connectivity index (χ2n) is 8.47. The lowest BCUT2D eigenvalue weighted by molar-refractivity contribution is -0.117. The topological polar surface area (TPSA) is 93.5 Å². The van der Waals surface area contributed by atoms with Crippen LogP contribution in [-0.2, 0) is 24.8 Å². The van der Waals surface area contributed by atoms with Gasteiger partial charge in [0.2, 0.25) is 5.91 Å². The summed E-state index contributed by atoms with van der Waals surface area (Å²) in [6, 6.07) is 9.17. The molecule has 33 heavy (non-hydrogen) atoms. The van der Waals surface area contributed by atoms with E-state index in [1.165, 1.54) is 0 Å². The molecule has 2 aromatic heterocycles. The van der Waals surface area contributed by atoms with E-state index < -0.39 is 0 Å². The van der Waals surface area contributed by atoms with Crippen molar-refractivity contribution in [2.24, 2.45) is 7.05 Å². The lowest BCUT2D eigenvalue weighted by Crippen LogP contribution is -2.33. The fraction of sp³-hybridized carbons (Fsp3) is 0.375. The van der Waals surface area contributed by atoms with Crippen LogP contribution in [0.2, 0.25) is 0 Å². The van der Waals surface area contributed by atoms with Crippen LogP contribution in [-0.4, -0.2) is 50.1 Å². The zero-order chi connectivity index (χ0) is 23.1. The number of ether oxygens (including phenoxy) is 1. The zero-order valence-electron chi connectivity index (χ0n) is 19.0. The first kappa shape index (κ1) is 21.1. The van der Waals surface area contributed by atoms with Gasteiger partial charge < -0.3 is 9.64 Å². The van der Waals surface area contributed by atoms with Crippen molar-refractivity contribution < 1.29 is 14.3 Å². The van der Waals surface area contributed by atoms with Gasteiger partial charge in [-0.25, -0.2) is 9.97 Å². The van der Waals surface area contributed by atoms with Crippen LogP contribution in [0.25, 0.3) is 0 Å². The van der Waals surface area contributed by atoms with Crippen molar-refractivity contribution in [1.29, 1.82) is 0 Å². The van der Waals surface area contributed by atoms with Crippen molar-refractivity contribution in [3.63, 3.8) is 0 Å². The summed E-state index contributed by atoms with van der Waals surface area (Å²) in [4.78, 5) is 39.2. The number of fused-ring (bicyclic) bond motifs is 1. The van der Waals surface area contributed by atoms with E-state index in [1.807, 2.05) is 36.1 Å². The Morgan fingerprint density at radius 2 is 2.09 bits per heavy atom. The van der Waals surface area contributed by atoms with E-state index >= 15 is 0 Å². The van der Waals surface area contributed by atoms with Gasteiger partial charge in [0, 0.05) is 31.0 Å². The van der Waals surface area contributed by atoms with Crippen LogP contribution in [0.3, 0.4) is 0 Å². The molecule has 1 fully saturated rings. The van der Waals surface area contributed by atoms with E-state index in [-0.39, 0.29) is 24.3 Å². The quantitative estimate of drug-likeness (QED) is 0.598. The third-order valence-electron chi connectivity index (χ3n) is 6.42. The summed E-state index contributed by atoms with van der Waals surface area (Å²) in [5.41, 5.74) is 3.14. The van der Waals surface area contributed by atoms with Crippen LogP contribution in [0.4, 0.5) is 5.82 Å². The molecule has 9 nitrogen and oxygen atoms in total. The van der Waals surface area contributed by atoms with Crippen molar-refractivity contribution in [2.75, 3.05) is 18.6 Å². The highest BCUT2D eigenvalue weighted by atomic mass is 16.5. The first-order chi connectivity index (χ1) is 16.0. The monoisotopic (exact) mass is 446 g/mol. The fourth-order valence-electron chi connectivity index (χ4n) is 4.67. The molecule has 0 aliphatic carbocycles. The molecule has 0 radical (unpaired) electrons. The predicted molar refractivity (Wildman–Crippen MR) is 121 cm³/mol. The normalized spacial score (nSPS) is 17.5. The van der Waals surface area contributed by atoms with Crippen molar-refractivity contribution >= 4 is 17.6 Å². The van der Waals surface area contributed by atoms with Crippen LogP contribution in [0.15, 0.2) is 36.5 Å². The molecule has 3 aromatic rings. The van der Waals surface area contributed by atoms with Crippen LogP contribution >= 0.6 is 0 Å². The number of hydrogen-bond acceptors (Lipinski definition) is 6. The first-order valence-corrected chi connectivity index (χ1v) is 11.1. The van der Waals surface area contributed by atoms with Crippen LogP contribution in [0, 0.1) is 6.92 Å². The summed E-state index contributed by atoms with van der Waals surface area (Å²) < 4.78 is 6.91. The maximum absolute atomic E-state index is 13.2. The Labute approximate surface area is 192 Å². The van der Waals surface area contributed by atoms with E-state index in [0.29, 0.717) is 30.4 Å². The van der Waals surface area contributed by atoms with E-state index in [2.05, 4.69) is 5.10 Å². The molecule has 1 saturated heterocycles. The average Bonchev–Trinajstić information content (AvgIpc) is 3.54. The summed E-state index contributed by atoms with van der Waals surface area (Å²) in [6.07, 6.45) is 3.57. The number of aromatic nitrogens is 4. The number of carbonyl (C=O) groups excluding carboxylic acids is 2. The molecule has 0 spiro atoms. The SMILES string of the molecule is COc1cccc(CN2C(=O)Cc3c(C)nc(C4CCCN4C(=O)c4ccnn4C)nc32)c1. The number of nitrogens with zero attached hydrogens (tertiary/aromatic N) is 6. The molecule has 0 bridgehead atoms. The van der Waals surface area contributed by atoms with E-state index in [1.54, 1.807) is 36.0 Å². The lowest BCUT2D eigenvalue weighted by atomic mass is 10.1. The van der Waals surface area contributed by atoms with E-state index in [0.717, 1.165) is 35.4 Å². The Hall–Kier alpha value is -3.75. The lowest BCUT2D eigenvalue weighted by Gasteiger charge is -2.25. The van der Waals surface area contributed by atoms with Crippen molar-refractivity contribution in [1.82, 2.24) is 24.6 Å². The maximum Gasteiger partial charge on any atom is 0.272 e. The molecule has 2 amide bonds. The average molecular weight is 447 g/mol. The van der Waals surface area contributed by atoms with Gasteiger partial charge in [-0.2, -0.15) is 5.10 Å². The number of amides is 2. The molecular formula is C24H26N6O3. The Morgan fingerprint density at radius 3 is 2.85 bits per heavy atom. The Morgan fingerprint density at radius 1 is 1.24 bits per heavy atom. The minimum atomic E-state index is -0.231. The number of aryl methyl sites for hydroxylation is 2. The van der Waals surface area contributed by atoms with E-state index in [9.17, 15) is 9.59 Å². The third-order valence-corrected chi connectivity index (χ3v) is 6.42. The summed E-state index contributed by atoms with van der Waals surface area (Å²) in [7, 11) is 3.38. The molecule has 9 heteroatoms. The van der Waals surface area contributed by atoms with Crippen LogP contribution in [0.5, 0.6) is 5.75 Å². The summed E-state index contributed by atoms with van der Waals surface area (Å²) in [5.74, 6) is 1.89. The standard InChI is InChI=1S/C24H26N6O3/c1-15-18-13-21(31)30(14-16-6-4-7-17(12-16)33-3)23(18)27-22(26-15)19-8-5-11-29(19)24(32)20-9-10-25-28(20)2/h4,6-7,9-10,12,19H,5,8,11,13-14H2,1-3H3. The number of benzene rings is 1. The Bertz CT molecular complexity index is 1240. The molecule has 2 aliphatic rings. The maximum atomic E-state index is 13.2. The predicted octanol–water partition coefficient (Wildman–Crippen LogP) is 2.59. The Balaban J connectivity index is 1.47. The molecule has 0 N–H and O–H groups in total. The number of anilines is 1. The highest BCUT2D eigenvalue weighted by Gasteiger charge is 2.37. The third kappa shape index (κ3) is 3.73. The molecule has 1 atom stereocenters. The number of hydrogen-bond donors (Lipinski definition) is 0. The van der Waals surface area contributed by atoms with Gasteiger partial charge in [-0.1, -0.05) is 12.1 Å². The van der Waals surface area contributed by atoms with Gasteiger partial charge in [-0.05, 0) is 43.5 Å². The van der Waals surface area contributed by atoms with Crippen LogP contribution in [0.1, 0.15) is 52.0 Å². The van der Waals surface area contributed by atoms with Gasteiger partial charge in [0.1, 0.15) is 17.3 Å². The first-order valence-electron chi connectivity index (χ1n) is 11.1. The highest BCUT2D eigenvalue weighted by Crippen LogP contribution is 2.36. The second kappa shape index (κ2) is 8.31. The zero-order valence-corrected chi connectivity index (χ0v) is 19.0. The molecule has 1 unspecified atom stereocenters. The molecule has 2 aliphatic heterocycles. The van der Waals surface area contributed by atoms with Crippen molar-refractivity contribution in [2.45, 2.75) is 38.8 Å². The smallest absolute Gasteiger partial charge is 0.272 e. The molecule has 1 aromatic carbocycles.